The molecule has 0 unspecified atom stereocenters. The van der Waals surface area contributed by atoms with E-state index in [-0.39, 0.29) is 11.4 Å². The highest BCUT2D eigenvalue weighted by Crippen LogP contribution is 2.14. The summed E-state index contributed by atoms with van der Waals surface area (Å²) >= 11 is 0. The summed E-state index contributed by atoms with van der Waals surface area (Å²) in [5.74, 6) is -0.930. The molecular weight excluding hydrogens is 161 g/mol. The molecular formula is C8H6FNO2. The van der Waals surface area contributed by atoms with Gasteiger partial charge in [0.05, 0.1) is 5.52 Å². The minimum atomic E-state index is -0.560. The number of hydrogen-bond acceptors (Lipinski definition) is 2. The molecule has 1 aromatic carbocycles. The van der Waals surface area contributed by atoms with Crippen molar-refractivity contribution in [1.82, 2.24) is 4.98 Å². The standard InChI is InChI=1S/C8H6FNO2/c1-4-2-6-7(3-5(4)9)12-8(11)10-6/h2-3H,1H3,(H,10,11). The number of benzene rings is 1. The fraction of sp³-hybridized carbons (Fsp3) is 0.125. The quantitative estimate of drug-likeness (QED) is 0.647. The molecule has 2 aromatic rings. The zero-order valence-corrected chi connectivity index (χ0v) is 6.35. The Morgan fingerprint density at radius 3 is 3.00 bits per heavy atom. The van der Waals surface area contributed by atoms with Crippen LogP contribution >= 0.6 is 0 Å². The molecule has 0 saturated carbocycles. The lowest BCUT2D eigenvalue weighted by Gasteiger charge is -1.92. The van der Waals surface area contributed by atoms with Crippen molar-refractivity contribution in [1.29, 1.82) is 0 Å². The summed E-state index contributed by atoms with van der Waals surface area (Å²) < 4.78 is 17.5. The molecule has 0 aliphatic carbocycles. The van der Waals surface area contributed by atoms with Crippen LogP contribution in [0, 0.1) is 12.7 Å². The Labute approximate surface area is 66.8 Å². The summed E-state index contributed by atoms with van der Waals surface area (Å²) in [7, 11) is 0. The number of oxazole rings is 1. The van der Waals surface area contributed by atoms with Crippen molar-refractivity contribution in [2.45, 2.75) is 6.92 Å². The molecule has 0 atom stereocenters. The van der Waals surface area contributed by atoms with Crippen molar-refractivity contribution >= 4 is 11.1 Å². The summed E-state index contributed by atoms with van der Waals surface area (Å²) in [6.07, 6.45) is 0. The third-order valence-corrected chi connectivity index (χ3v) is 1.70. The maximum atomic E-state index is 12.9. The highest BCUT2D eigenvalue weighted by Gasteiger charge is 2.04. The number of rotatable bonds is 0. The predicted molar refractivity (Wildman–Crippen MR) is 41.5 cm³/mol. The molecule has 1 N–H and O–H groups in total. The summed E-state index contributed by atoms with van der Waals surface area (Å²) in [6, 6.07) is 2.73. The monoisotopic (exact) mass is 167 g/mol. The van der Waals surface area contributed by atoms with Crippen molar-refractivity contribution in [3.8, 4) is 0 Å². The van der Waals surface area contributed by atoms with Crippen LogP contribution in [-0.4, -0.2) is 4.98 Å². The average molecular weight is 167 g/mol. The maximum Gasteiger partial charge on any atom is 0.417 e. The van der Waals surface area contributed by atoms with E-state index in [1.807, 2.05) is 0 Å². The highest BCUT2D eigenvalue weighted by molar-refractivity contribution is 5.72. The number of H-pyrrole nitrogens is 1. The third-order valence-electron chi connectivity index (χ3n) is 1.70. The molecule has 62 valence electrons. The van der Waals surface area contributed by atoms with Crippen molar-refractivity contribution < 1.29 is 8.81 Å². The summed E-state index contributed by atoms with van der Waals surface area (Å²) in [5, 5.41) is 0. The molecule has 0 fully saturated rings. The van der Waals surface area contributed by atoms with Gasteiger partial charge in [-0.05, 0) is 18.6 Å². The van der Waals surface area contributed by atoms with Gasteiger partial charge >= 0.3 is 5.76 Å². The highest BCUT2D eigenvalue weighted by atomic mass is 19.1. The van der Waals surface area contributed by atoms with Crippen LogP contribution in [0.3, 0.4) is 0 Å². The Hall–Kier alpha value is -1.58. The van der Waals surface area contributed by atoms with Crippen LogP contribution in [0.1, 0.15) is 5.56 Å². The number of aryl methyl sites for hydroxylation is 1. The Morgan fingerprint density at radius 2 is 2.25 bits per heavy atom. The largest absolute Gasteiger partial charge is 0.417 e. The molecule has 1 heterocycles. The zero-order chi connectivity index (χ0) is 8.72. The van der Waals surface area contributed by atoms with Gasteiger partial charge in [0.25, 0.3) is 0 Å². The van der Waals surface area contributed by atoms with Gasteiger partial charge in [-0.1, -0.05) is 0 Å². The van der Waals surface area contributed by atoms with E-state index in [1.165, 1.54) is 12.1 Å². The van der Waals surface area contributed by atoms with Crippen LogP contribution < -0.4 is 5.76 Å². The van der Waals surface area contributed by atoms with Crippen LogP contribution in [0.25, 0.3) is 11.1 Å². The van der Waals surface area contributed by atoms with E-state index < -0.39 is 5.76 Å². The summed E-state index contributed by atoms with van der Waals surface area (Å²) in [5.41, 5.74) is 1.27. The predicted octanol–water partition coefficient (Wildman–Crippen LogP) is 1.57. The lowest BCUT2D eigenvalue weighted by Crippen LogP contribution is -1.92. The summed E-state index contributed by atoms with van der Waals surface area (Å²) in [6.45, 7) is 1.63. The molecule has 2 rings (SSSR count). The van der Waals surface area contributed by atoms with Crippen LogP contribution in [0.2, 0.25) is 0 Å². The normalized spacial score (nSPS) is 10.8. The molecule has 0 saturated heterocycles. The van der Waals surface area contributed by atoms with E-state index in [2.05, 4.69) is 9.40 Å². The first-order chi connectivity index (χ1) is 5.66. The Kier molecular flexibility index (Phi) is 1.30. The lowest BCUT2D eigenvalue weighted by molar-refractivity contribution is 0.550. The van der Waals surface area contributed by atoms with Crippen molar-refractivity contribution in [2.24, 2.45) is 0 Å². The third kappa shape index (κ3) is 0.922. The molecule has 3 nitrogen and oxygen atoms in total. The average Bonchev–Trinajstić information content (AvgIpc) is 2.30. The smallest absolute Gasteiger partial charge is 0.408 e. The molecule has 0 radical (unpaired) electrons. The van der Waals surface area contributed by atoms with E-state index in [1.54, 1.807) is 6.92 Å². The number of aromatic nitrogens is 1. The van der Waals surface area contributed by atoms with Gasteiger partial charge in [0.2, 0.25) is 0 Å². The Morgan fingerprint density at radius 1 is 1.50 bits per heavy atom. The first-order valence-corrected chi connectivity index (χ1v) is 3.46. The van der Waals surface area contributed by atoms with Crippen molar-refractivity contribution in [2.75, 3.05) is 0 Å². The second-order valence-electron chi connectivity index (χ2n) is 2.61. The number of aromatic amines is 1. The molecule has 1 aromatic heterocycles. The Bertz CT molecular complexity index is 441. The minimum absolute atomic E-state index is 0.253. The van der Waals surface area contributed by atoms with Gasteiger partial charge in [-0.25, -0.2) is 9.18 Å². The molecule has 0 amide bonds. The second-order valence-corrected chi connectivity index (χ2v) is 2.61. The minimum Gasteiger partial charge on any atom is -0.408 e. The molecule has 0 bridgehead atoms. The van der Waals surface area contributed by atoms with E-state index in [4.69, 9.17) is 0 Å². The van der Waals surface area contributed by atoms with Crippen LogP contribution in [0.5, 0.6) is 0 Å². The Balaban J connectivity index is 2.92. The van der Waals surface area contributed by atoms with Gasteiger partial charge in [0, 0.05) is 6.07 Å². The lowest BCUT2D eigenvalue weighted by atomic mass is 10.2. The van der Waals surface area contributed by atoms with Gasteiger partial charge in [0.15, 0.2) is 5.58 Å². The van der Waals surface area contributed by atoms with Crippen molar-refractivity contribution in [3.63, 3.8) is 0 Å². The topological polar surface area (TPSA) is 46.0 Å². The van der Waals surface area contributed by atoms with Gasteiger partial charge in [0.1, 0.15) is 5.82 Å². The fourth-order valence-corrected chi connectivity index (χ4v) is 1.08. The number of fused-ring (bicyclic) bond motifs is 1. The van der Waals surface area contributed by atoms with E-state index in [0.29, 0.717) is 11.1 Å². The SMILES string of the molecule is Cc1cc2[nH]c(=O)oc2cc1F. The molecule has 0 aliphatic heterocycles. The molecule has 4 heteroatoms. The van der Waals surface area contributed by atoms with E-state index in [9.17, 15) is 9.18 Å². The molecule has 0 spiro atoms. The van der Waals surface area contributed by atoms with Crippen LogP contribution in [-0.2, 0) is 0 Å². The number of nitrogens with one attached hydrogen (secondary N) is 1. The van der Waals surface area contributed by atoms with Crippen LogP contribution in [0.15, 0.2) is 21.3 Å². The fourth-order valence-electron chi connectivity index (χ4n) is 1.08. The summed E-state index contributed by atoms with van der Waals surface area (Å²) in [4.78, 5) is 13.1. The van der Waals surface area contributed by atoms with Crippen molar-refractivity contribution in [3.05, 3.63) is 34.1 Å². The van der Waals surface area contributed by atoms with E-state index >= 15 is 0 Å². The van der Waals surface area contributed by atoms with Gasteiger partial charge in [-0.3, -0.25) is 4.98 Å². The molecule has 0 aliphatic rings. The second kappa shape index (κ2) is 2.20. The first-order valence-electron chi connectivity index (χ1n) is 3.46. The zero-order valence-electron chi connectivity index (χ0n) is 6.35. The number of hydrogen-bond donors (Lipinski definition) is 1. The number of halogens is 1. The molecule has 12 heavy (non-hydrogen) atoms. The van der Waals surface area contributed by atoms with Gasteiger partial charge in [-0.15, -0.1) is 0 Å². The first kappa shape index (κ1) is 7.09. The van der Waals surface area contributed by atoms with Crippen LogP contribution in [0.4, 0.5) is 4.39 Å². The van der Waals surface area contributed by atoms with Gasteiger partial charge < -0.3 is 4.42 Å². The maximum absolute atomic E-state index is 12.9. The van der Waals surface area contributed by atoms with E-state index in [0.717, 1.165) is 0 Å². The van der Waals surface area contributed by atoms with Gasteiger partial charge in [-0.2, -0.15) is 0 Å².